The molecule has 0 saturated carbocycles. The van der Waals surface area contributed by atoms with Crippen molar-refractivity contribution in [3.8, 4) is 56.2 Å². The predicted molar refractivity (Wildman–Crippen MR) is 249 cm³/mol. The molecule has 2 heterocycles. The summed E-state index contributed by atoms with van der Waals surface area (Å²) in [5.41, 5.74) is 14.0. The van der Waals surface area contributed by atoms with Crippen LogP contribution in [0.25, 0.3) is 88.9 Å². The molecule has 60 heavy (non-hydrogen) atoms. The maximum atomic E-state index is 6.75. The number of hydrogen-bond acceptors (Lipinski definition) is 4. The van der Waals surface area contributed by atoms with Gasteiger partial charge in [0.15, 0.2) is 5.82 Å². The first-order valence-electron chi connectivity index (χ1n) is 20.2. The highest BCUT2D eigenvalue weighted by Gasteiger charge is 2.21. The van der Waals surface area contributed by atoms with Crippen LogP contribution in [0.1, 0.15) is 0 Å². The van der Waals surface area contributed by atoms with Crippen molar-refractivity contribution in [2.45, 2.75) is 0 Å². The smallest absolute Gasteiger partial charge is 0.161 e. The van der Waals surface area contributed by atoms with Crippen molar-refractivity contribution >= 4 is 49.8 Å². The number of anilines is 3. The third kappa shape index (κ3) is 6.37. The van der Waals surface area contributed by atoms with Gasteiger partial charge in [-0.05, 0) is 70.1 Å². The summed E-state index contributed by atoms with van der Waals surface area (Å²) < 4.78 is 6.75. The van der Waals surface area contributed by atoms with Crippen molar-refractivity contribution in [2.24, 2.45) is 0 Å². The van der Waals surface area contributed by atoms with Gasteiger partial charge in [0, 0.05) is 50.3 Å². The van der Waals surface area contributed by atoms with Crippen molar-refractivity contribution in [3.63, 3.8) is 0 Å². The maximum absolute atomic E-state index is 6.75. The first kappa shape index (κ1) is 35.1. The van der Waals surface area contributed by atoms with Gasteiger partial charge in [0.1, 0.15) is 11.2 Å². The fourth-order valence-electron chi connectivity index (χ4n) is 8.43. The van der Waals surface area contributed by atoms with Crippen LogP contribution in [0.5, 0.6) is 0 Å². The van der Waals surface area contributed by atoms with E-state index in [0.717, 1.165) is 83.8 Å². The molecular formula is C56H37N3O. The third-order valence-corrected chi connectivity index (χ3v) is 11.3. The zero-order chi connectivity index (χ0) is 39.8. The average Bonchev–Trinajstić information content (AvgIpc) is 3.71. The van der Waals surface area contributed by atoms with Gasteiger partial charge in [-0.25, -0.2) is 9.97 Å². The van der Waals surface area contributed by atoms with Crippen molar-refractivity contribution in [1.82, 2.24) is 9.97 Å². The van der Waals surface area contributed by atoms with E-state index >= 15 is 0 Å². The van der Waals surface area contributed by atoms with Crippen molar-refractivity contribution in [1.29, 1.82) is 0 Å². The molecule has 0 spiro atoms. The van der Waals surface area contributed by atoms with Crippen LogP contribution < -0.4 is 4.90 Å². The first-order valence-corrected chi connectivity index (χ1v) is 20.2. The Morgan fingerprint density at radius 2 is 0.917 bits per heavy atom. The van der Waals surface area contributed by atoms with Gasteiger partial charge in [0.2, 0.25) is 0 Å². The van der Waals surface area contributed by atoms with Crippen molar-refractivity contribution in [3.05, 3.63) is 224 Å². The Balaban J connectivity index is 1.05. The Kier molecular flexibility index (Phi) is 8.79. The van der Waals surface area contributed by atoms with Crippen LogP contribution in [0.2, 0.25) is 0 Å². The molecule has 2 aromatic heterocycles. The third-order valence-electron chi connectivity index (χ3n) is 11.3. The van der Waals surface area contributed by atoms with Crippen LogP contribution in [0.4, 0.5) is 17.1 Å². The second kappa shape index (κ2) is 15.0. The molecule has 0 aliphatic carbocycles. The number of furan rings is 1. The van der Waals surface area contributed by atoms with E-state index < -0.39 is 0 Å². The molecule has 0 bridgehead atoms. The Morgan fingerprint density at radius 3 is 1.68 bits per heavy atom. The van der Waals surface area contributed by atoms with E-state index in [1.807, 2.05) is 12.1 Å². The number of para-hydroxylation sites is 1. The molecule has 9 aromatic carbocycles. The second-order valence-corrected chi connectivity index (χ2v) is 14.9. The molecule has 11 aromatic rings. The van der Waals surface area contributed by atoms with Gasteiger partial charge in [-0.15, -0.1) is 0 Å². The van der Waals surface area contributed by atoms with Gasteiger partial charge >= 0.3 is 0 Å². The topological polar surface area (TPSA) is 42.2 Å². The van der Waals surface area contributed by atoms with Gasteiger partial charge in [0.05, 0.1) is 17.1 Å². The number of benzene rings is 9. The normalized spacial score (nSPS) is 11.3. The van der Waals surface area contributed by atoms with Crippen molar-refractivity contribution < 1.29 is 4.42 Å². The summed E-state index contributed by atoms with van der Waals surface area (Å²) >= 11 is 0. The van der Waals surface area contributed by atoms with Crippen molar-refractivity contribution in [2.75, 3.05) is 4.90 Å². The molecule has 4 heteroatoms. The second-order valence-electron chi connectivity index (χ2n) is 14.9. The minimum Gasteiger partial charge on any atom is -0.456 e. The highest BCUT2D eigenvalue weighted by Crippen LogP contribution is 2.44. The Labute approximate surface area is 348 Å². The molecule has 0 radical (unpaired) electrons. The minimum absolute atomic E-state index is 0.662. The van der Waals surface area contributed by atoms with Crippen LogP contribution in [-0.2, 0) is 0 Å². The lowest BCUT2D eigenvalue weighted by atomic mass is 9.94. The average molecular weight is 768 g/mol. The maximum Gasteiger partial charge on any atom is 0.161 e. The van der Waals surface area contributed by atoms with Gasteiger partial charge in [-0.1, -0.05) is 176 Å². The van der Waals surface area contributed by atoms with Crippen LogP contribution in [-0.4, -0.2) is 9.97 Å². The number of hydrogen-bond donors (Lipinski definition) is 0. The zero-order valence-corrected chi connectivity index (χ0v) is 32.6. The fourth-order valence-corrected chi connectivity index (χ4v) is 8.43. The van der Waals surface area contributed by atoms with Gasteiger partial charge in [-0.3, -0.25) is 0 Å². The van der Waals surface area contributed by atoms with E-state index in [9.17, 15) is 0 Å². The van der Waals surface area contributed by atoms with Gasteiger partial charge in [-0.2, -0.15) is 0 Å². The Morgan fingerprint density at radius 1 is 0.350 bits per heavy atom. The summed E-state index contributed by atoms with van der Waals surface area (Å²) in [6.07, 6.45) is 0. The van der Waals surface area contributed by atoms with Crippen LogP contribution in [0.3, 0.4) is 0 Å². The molecule has 0 amide bonds. The molecule has 0 atom stereocenters. The first-order chi connectivity index (χ1) is 29.7. The number of nitrogens with zero attached hydrogens (tertiary/aromatic N) is 3. The van der Waals surface area contributed by atoms with E-state index in [0.29, 0.717) is 5.82 Å². The summed E-state index contributed by atoms with van der Waals surface area (Å²) in [5.74, 6) is 0.662. The Bertz CT molecular complexity index is 3300. The molecule has 11 rings (SSSR count). The van der Waals surface area contributed by atoms with E-state index in [1.54, 1.807) is 0 Å². The molecule has 0 saturated heterocycles. The summed E-state index contributed by atoms with van der Waals surface area (Å²) in [6.45, 7) is 0. The molecular weight excluding hydrogens is 731 g/mol. The van der Waals surface area contributed by atoms with E-state index in [-0.39, 0.29) is 0 Å². The van der Waals surface area contributed by atoms with E-state index in [4.69, 9.17) is 14.4 Å². The molecule has 0 unspecified atom stereocenters. The molecule has 282 valence electrons. The summed E-state index contributed by atoms with van der Waals surface area (Å²) in [5, 5.41) is 4.47. The summed E-state index contributed by atoms with van der Waals surface area (Å²) in [6, 6.07) is 78.4. The summed E-state index contributed by atoms with van der Waals surface area (Å²) in [4.78, 5) is 12.9. The molecule has 0 N–H and O–H groups in total. The van der Waals surface area contributed by atoms with Crippen LogP contribution >= 0.6 is 0 Å². The SMILES string of the molecule is c1ccc(-c2ccc(-c3cc(-c4ccccc4)nc(-c4ccccc4-c4cccc5oc6cc(N(c7ccccc7)c7cccc8ccccc78)ccc6c45)n3)cc2)cc1. The van der Waals surface area contributed by atoms with Crippen LogP contribution in [0.15, 0.2) is 229 Å². The number of fused-ring (bicyclic) bond motifs is 4. The van der Waals surface area contributed by atoms with Crippen LogP contribution in [0, 0.1) is 0 Å². The van der Waals surface area contributed by atoms with Gasteiger partial charge in [0.25, 0.3) is 0 Å². The fraction of sp³-hybridized carbons (Fsp3) is 0. The summed E-state index contributed by atoms with van der Waals surface area (Å²) in [7, 11) is 0. The molecule has 0 fully saturated rings. The van der Waals surface area contributed by atoms with E-state index in [1.165, 1.54) is 16.3 Å². The molecule has 0 aliphatic heterocycles. The molecule has 0 aliphatic rings. The quantitative estimate of drug-likeness (QED) is 0.154. The monoisotopic (exact) mass is 767 g/mol. The lowest BCUT2D eigenvalue weighted by molar-refractivity contribution is 0.669. The lowest BCUT2D eigenvalue weighted by Crippen LogP contribution is -2.10. The number of rotatable bonds is 8. The highest BCUT2D eigenvalue weighted by molar-refractivity contribution is 6.14. The molecule has 4 nitrogen and oxygen atoms in total. The predicted octanol–water partition coefficient (Wildman–Crippen LogP) is 15.3. The lowest BCUT2D eigenvalue weighted by Gasteiger charge is -2.26. The van der Waals surface area contributed by atoms with E-state index in [2.05, 4.69) is 217 Å². The standard InChI is InChI=1S/C56H37N3O/c1-4-16-38(17-5-1)39-30-32-42(33-31-39)51-37-50(41-19-6-2-7-20-41)57-56(58-51)48-26-13-12-25-46(48)47-27-15-29-53-55(47)49-35-34-44(36-54(49)60-53)59(43-22-8-3-9-23-43)52-28-14-21-40-18-10-11-24-45(40)52/h1-37H. The Hall–Kier alpha value is -8.08. The number of aromatic nitrogens is 2. The zero-order valence-electron chi connectivity index (χ0n) is 32.6. The highest BCUT2D eigenvalue weighted by atomic mass is 16.3. The van der Waals surface area contributed by atoms with Gasteiger partial charge < -0.3 is 9.32 Å². The largest absolute Gasteiger partial charge is 0.456 e. The minimum atomic E-state index is 0.662.